The molecule has 0 radical (unpaired) electrons. The molecule has 3 amide bonds. The molecule has 3 aromatic rings. The molecule has 4 N–H and O–H groups in total. The van der Waals surface area contributed by atoms with Gasteiger partial charge in [0, 0.05) is 35.6 Å². The number of benzene rings is 3. The van der Waals surface area contributed by atoms with Gasteiger partial charge in [-0.15, -0.1) is 0 Å². The predicted octanol–water partition coefficient (Wildman–Crippen LogP) is 3.42. The molecule has 164 valence electrons. The number of nitrogens with one attached hydrogen (secondary N) is 4. The molecule has 0 aliphatic carbocycles. The monoisotopic (exact) mass is 430 g/mol. The zero-order chi connectivity index (χ0) is 22.8. The fraction of sp³-hybridized carbons (Fsp3) is 0.160. The summed E-state index contributed by atoms with van der Waals surface area (Å²) >= 11 is 0. The van der Waals surface area contributed by atoms with Crippen LogP contribution in [0.5, 0.6) is 0 Å². The van der Waals surface area contributed by atoms with Crippen molar-refractivity contribution in [1.82, 2.24) is 10.6 Å². The number of carbonyl (C=O) groups is 3. The van der Waals surface area contributed by atoms with Gasteiger partial charge in [0.25, 0.3) is 11.8 Å². The van der Waals surface area contributed by atoms with E-state index < -0.39 is 0 Å². The average Bonchev–Trinajstić information content (AvgIpc) is 2.83. The van der Waals surface area contributed by atoms with Crippen molar-refractivity contribution in [2.24, 2.45) is 0 Å². The van der Waals surface area contributed by atoms with Gasteiger partial charge < -0.3 is 21.3 Å². The minimum atomic E-state index is -0.223. The van der Waals surface area contributed by atoms with Crippen molar-refractivity contribution in [2.45, 2.75) is 13.5 Å². The first-order valence-corrected chi connectivity index (χ1v) is 10.4. The Hall–Kier alpha value is -4.13. The highest BCUT2D eigenvalue weighted by Crippen LogP contribution is 2.12. The number of carbonyl (C=O) groups excluding carboxylic acids is 3. The van der Waals surface area contributed by atoms with E-state index in [0.717, 1.165) is 11.3 Å². The summed E-state index contributed by atoms with van der Waals surface area (Å²) in [5.41, 5.74) is 3.44. The van der Waals surface area contributed by atoms with Crippen LogP contribution in [-0.4, -0.2) is 30.8 Å². The zero-order valence-electron chi connectivity index (χ0n) is 17.9. The Kier molecular flexibility index (Phi) is 7.97. The second kappa shape index (κ2) is 11.3. The first-order valence-electron chi connectivity index (χ1n) is 10.4. The number of rotatable bonds is 9. The van der Waals surface area contributed by atoms with Crippen molar-refractivity contribution >= 4 is 29.1 Å². The van der Waals surface area contributed by atoms with Gasteiger partial charge in [0.15, 0.2) is 0 Å². The highest BCUT2D eigenvalue weighted by atomic mass is 16.2. The van der Waals surface area contributed by atoms with Crippen LogP contribution >= 0.6 is 0 Å². The lowest BCUT2D eigenvalue weighted by molar-refractivity contribution is -0.114. The van der Waals surface area contributed by atoms with Gasteiger partial charge in [-0.05, 0) is 61.0 Å². The Morgan fingerprint density at radius 2 is 1.25 bits per heavy atom. The van der Waals surface area contributed by atoms with Crippen LogP contribution < -0.4 is 21.3 Å². The molecule has 0 atom stereocenters. The topological polar surface area (TPSA) is 99.3 Å². The molecule has 0 unspecified atom stereocenters. The summed E-state index contributed by atoms with van der Waals surface area (Å²) in [6.45, 7) is 2.95. The molecule has 0 aliphatic rings. The van der Waals surface area contributed by atoms with Crippen molar-refractivity contribution in [3.8, 4) is 0 Å². The fourth-order valence-electron chi connectivity index (χ4n) is 2.97. The molecule has 0 aromatic heterocycles. The minimum Gasteiger partial charge on any atom is -0.376 e. The van der Waals surface area contributed by atoms with Crippen molar-refractivity contribution in [3.05, 3.63) is 95.6 Å². The minimum absolute atomic E-state index is 0.0693. The maximum absolute atomic E-state index is 12.3. The molecule has 0 heterocycles. The van der Waals surface area contributed by atoms with Crippen LogP contribution in [0.3, 0.4) is 0 Å². The molecular formula is C25H26N4O3. The van der Waals surface area contributed by atoms with E-state index >= 15 is 0 Å². The van der Waals surface area contributed by atoms with Crippen molar-refractivity contribution in [1.29, 1.82) is 0 Å². The van der Waals surface area contributed by atoms with Crippen LogP contribution in [0.2, 0.25) is 0 Å². The number of amides is 3. The van der Waals surface area contributed by atoms with E-state index in [1.807, 2.05) is 37.3 Å². The maximum Gasteiger partial charge on any atom is 0.251 e. The third-order valence-corrected chi connectivity index (χ3v) is 4.66. The van der Waals surface area contributed by atoms with E-state index in [0.29, 0.717) is 29.9 Å². The second-order valence-corrected chi connectivity index (χ2v) is 7.08. The highest BCUT2D eigenvalue weighted by molar-refractivity contribution is 5.97. The summed E-state index contributed by atoms with van der Waals surface area (Å²) in [6, 6.07) is 23.3. The Morgan fingerprint density at radius 1 is 0.688 bits per heavy atom. The smallest absolute Gasteiger partial charge is 0.251 e. The van der Waals surface area contributed by atoms with E-state index in [1.54, 1.807) is 48.5 Å². The summed E-state index contributed by atoms with van der Waals surface area (Å²) < 4.78 is 0. The molecule has 0 bridgehead atoms. The normalized spacial score (nSPS) is 10.2. The highest BCUT2D eigenvalue weighted by Gasteiger charge is 2.08. The molecule has 3 rings (SSSR count). The molecule has 0 saturated heterocycles. The molecule has 7 heteroatoms. The van der Waals surface area contributed by atoms with Crippen LogP contribution in [0.4, 0.5) is 11.4 Å². The van der Waals surface area contributed by atoms with Crippen molar-refractivity contribution in [3.63, 3.8) is 0 Å². The lowest BCUT2D eigenvalue weighted by Crippen LogP contribution is -2.23. The van der Waals surface area contributed by atoms with Crippen LogP contribution in [0, 0.1) is 0 Å². The van der Waals surface area contributed by atoms with Gasteiger partial charge in [0.1, 0.15) is 0 Å². The first kappa shape index (κ1) is 22.6. The van der Waals surface area contributed by atoms with E-state index in [-0.39, 0.29) is 24.3 Å². The van der Waals surface area contributed by atoms with Gasteiger partial charge in [-0.1, -0.05) is 30.3 Å². The molecule has 3 aromatic carbocycles. The molecule has 7 nitrogen and oxygen atoms in total. The van der Waals surface area contributed by atoms with Crippen LogP contribution in [0.1, 0.15) is 33.2 Å². The van der Waals surface area contributed by atoms with Crippen molar-refractivity contribution in [2.75, 3.05) is 23.7 Å². The maximum atomic E-state index is 12.3. The number of hydrogen-bond acceptors (Lipinski definition) is 4. The lowest BCUT2D eigenvalue weighted by atomic mass is 10.1. The molecule has 32 heavy (non-hydrogen) atoms. The van der Waals surface area contributed by atoms with E-state index in [2.05, 4.69) is 21.3 Å². The fourth-order valence-corrected chi connectivity index (χ4v) is 2.97. The lowest BCUT2D eigenvalue weighted by Gasteiger charge is -2.10. The van der Waals surface area contributed by atoms with E-state index in [1.165, 1.54) is 0 Å². The van der Waals surface area contributed by atoms with Gasteiger partial charge in [0.05, 0.1) is 6.54 Å². The van der Waals surface area contributed by atoms with Crippen molar-refractivity contribution < 1.29 is 14.4 Å². The van der Waals surface area contributed by atoms with E-state index in [4.69, 9.17) is 0 Å². The average molecular weight is 431 g/mol. The SMILES string of the molecule is CCNC(=O)c1ccc(NCC(=O)Nc2ccc(C(=O)NCc3ccccc3)cc2)cc1. The van der Waals surface area contributed by atoms with Gasteiger partial charge in [-0.2, -0.15) is 0 Å². The summed E-state index contributed by atoms with van der Waals surface area (Å²) in [4.78, 5) is 36.3. The summed E-state index contributed by atoms with van der Waals surface area (Å²) in [5, 5.41) is 11.4. The Labute approximate surface area is 187 Å². The van der Waals surface area contributed by atoms with Crippen LogP contribution in [-0.2, 0) is 11.3 Å². The summed E-state index contributed by atoms with van der Waals surface area (Å²) in [7, 11) is 0. The third-order valence-electron chi connectivity index (χ3n) is 4.66. The Balaban J connectivity index is 1.45. The molecule has 0 spiro atoms. The molecule has 0 saturated carbocycles. The summed E-state index contributed by atoms with van der Waals surface area (Å²) in [5.74, 6) is -0.530. The molecule has 0 aliphatic heterocycles. The van der Waals surface area contributed by atoms with Gasteiger partial charge >= 0.3 is 0 Å². The van der Waals surface area contributed by atoms with Gasteiger partial charge in [-0.25, -0.2) is 0 Å². The predicted molar refractivity (Wildman–Crippen MR) is 126 cm³/mol. The quantitative estimate of drug-likeness (QED) is 0.418. The number of hydrogen-bond donors (Lipinski definition) is 4. The zero-order valence-corrected chi connectivity index (χ0v) is 17.9. The summed E-state index contributed by atoms with van der Waals surface area (Å²) in [6.07, 6.45) is 0. The Morgan fingerprint density at radius 3 is 1.84 bits per heavy atom. The third kappa shape index (κ3) is 6.70. The number of anilines is 2. The standard InChI is InChI=1S/C25H26N4O3/c1-2-26-24(31)19-8-12-21(13-9-19)27-17-23(30)29-22-14-10-20(11-15-22)25(32)28-16-18-6-4-3-5-7-18/h3-15,27H,2,16-17H2,1H3,(H,26,31)(H,28,32)(H,29,30). The second-order valence-electron chi connectivity index (χ2n) is 7.08. The van der Waals surface area contributed by atoms with Gasteiger partial charge in [0.2, 0.25) is 5.91 Å². The van der Waals surface area contributed by atoms with Crippen LogP contribution in [0.25, 0.3) is 0 Å². The Bertz CT molecular complexity index is 1050. The molecule has 0 fully saturated rings. The molecular weight excluding hydrogens is 404 g/mol. The first-order chi connectivity index (χ1) is 15.5. The van der Waals surface area contributed by atoms with Crippen LogP contribution in [0.15, 0.2) is 78.9 Å². The van der Waals surface area contributed by atoms with E-state index in [9.17, 15) is 14.4 Å². The largest absolute Gasteiger partial charge is 0.376 e. The van der Waals surface area contributed by atoms with Gasteiger partial charge in [-0.3, -0.25) is 14.4 Å².